The van der Waals surface area contributed by atoms with E-state index >= 15 is 0 Å². The van der Waals surface area contributed by atoms with Gasteiger partial charge in [-0.25, -0.2) is 19.9 Å². The van der Waals surface area contributed by atoms with Crippen LogP contribution in [0.1, 0.15) is 0 Å². The quantitative estimate of drug-likeness (QED) is 0.156. The first kappa shape index (κ1) is 37.2. The standard InChI is InChI=1S/C60H36N4S/c1-4-16-37(17-5-1)56-51-34-32-48-52-36-40(28-35-54(52)65-57(48)55(51)50-26-14-15-27-53(50)61-56)41-29-30-46(43-23-11-10-22-42(41)43)47-31-33-49(45-25-13-12-24-44(45)47)60-63-58(38-18-6-2-7-19-38)62-59(64-60)39-20-8-3-9-21-39/h1-36H. The Hall–Kier alpha value is -8.38. The van der Waals surface area contributed by atoms with Crippen LogP contribution < -0.4 is 0 Å². The van der Waals surface area contributed by atoms with Gasteiger partial charge in [-0.15, -0.1) is 11.3 Å². The minimum absolute atomic E-state index is 0.645. The molecule has 10 aromatic carbocycles. The Morgan fingerprint density at radius 1 is 0.277 bits per heavy atom. The molecule has 3 heterocycles. The number of thiophene rings is 1. The third kappa shape index (κ3) is 6.20. The summed E-state index contributed by atoms with van der Waals surface area (Å²) in [5.74, 6) is 1.94. The highest BCUT2D eigenvalue weighted by Crippen LogP contribution is 2.46. The number of benzene rings is 10. The molecule has 5 heteroatoms. The number of para-hydroxylation sites is 1. The number of pyridine rings is 1. The van der Waals surface area contributed by atoms with E-state index in [0.717, 1.165) is 49.8 Å². The highest BCUT2D eigenvalue weighted by molar-refractivity contribution is 7.26. The minimum atomic E-state index is 0.645. The second-order valence-corrected chi connectivity index (χ2v) is 17.5. The molecular formula is C60H36N4S. The molecule has 3 aromatic heterocycles. The zero-order chi connectivity index (χ0) is 42.8. The first-order valence-electron chi connectivity index (χ1n) is 21.9. The summed E-state index contributed by atoms with van der Waals surface area (Å²) in [6.07, 6.45) is 0. The van der Waals surface area contributed by atoms with Crippen LogP contribution in [0.2, 0.25) is 0 Å². The summed E-state index contributed by atoms with van der Waals surface area (Å²) in [5.41, 5.74) is 10.8. The van der Waals surface area contributed by atoms with Crippen LogP contribution in [0.4, 0.5) is 0 Å². The number of nitrogens with zero attached hydrogens (tertiary/aromatic N) is 4. The molecular weight excluding hydrogens is 809 g/mol. The number of fused-ring (bicyclic) bond motifs is 9. The predicted molar refractivity (Wildman–Crippen MR) is 273 cm³/mol. The molecule has 0 radical (unpaired) electrons. The molecule has 0 bridgehead atoms. The highest BCUT2D eigenvalue weighted by atomic mass is 32.1. The molecule has 0 N–H and O–H groups in total. The molecule has 0 saturated heterocycles. The number of hydrogen-bond donors (Lipinski definition) is 0. The van der Waals surface area contributed by atoms with E-state index < -0.39 is 0 Å². The lowest BCUT2D eigenvalue weighted by Gasteiger charge is -2.16. The molecule has 0 aliphatic carbocycles. The summed E-state index contributed by atoms with van der Waals surface area (Å²) in [7, 11) is 0. The largest absolute Gasteiger partial charge is 0.247 e. The van der Waals surface area contributed by atoms with E-state index in [1.807, 2.05) is 72.0 Å². The van der Waals surface area contributed by atoms with Crippen molar-refractivity contribution in [3.8, 4) is 67.7 Å². The van der Waals surface area contributed by atoms with Gasteiger partial charge in [0.15, 0.2) is 17.5 Å². The fraction of sp³-hybridized carbons (Fsp3) is 0. The Morgan fingerprint density at radius 3 is 1.38 bits per heavy atom. The topological polar surface area (TPSA) is 51.6 Å². The zero-order valence-electron chi connectivity index (χ0n) is 35.0. The van der Waals surface area contributed by atoms with Gasteiger partial charge in [-0.3, -0.25) is 0 Å². The second kappa shape index (κ2) is 15.2. The van der Waals surface area contributed by atoms with Crippen LogP contribution in [-0.2, 0) is 0 Å². The summed E-state index contributed by atoms with van der Waals surface area (Å²) in [6.45, 7) is 0. The predicted octanol–water partition coefficient (Wildman–Crippen LogP) is 16.2. The van der Waals surface area contributed by atoms with Crippen molar-refractivity contribution in [2.45, 2.75) is 0 Å². The average Bonchev–Trinajstić information content (AvgIpc) is 3.76. The molecule has 0 saturated carbocycles. The Kier molecular flexibility index (Phi) is 8.68. The van der Waals surface area contributed by atoms with E-state index in [1.165, 1.54) is 63.8 Å². The van der Waals surface area contributed by atoms with Gasteiger partial charge in [0.25, 0.3) is 0 Å². The van der Waals surface area contributed by atoms with E-state index in [-0.39, 0.29) is 0 Å². The van der Waals surface area contributed by atoms with Crippen LogP contribution in [-0.4, -0.2) is 19.9 Å². The Labute approximate surface area is 378 Å². The van der Waals surface area contributed by atoms with E-state index in [4.69, 9.17) is 19.9 Å². The lowest BCUT2D eigenvalue weighted by atomic mass is 9.88. The molecule has 4 nitrogen and oxygen atoms in total. The molecule has 0 spiro atoms. The van der Waals surface area contributed by atoms with Crippen molar-refractivity contribution < 1.29 is 0 Å². The van der Waals surface area contributed by atoms with Crippen LogP contribution in [0.5, 0.6) is 0 Å². The van der Waals surface area contributed by atoms with Crippen molar-refractivity contribution in [3.05, 3.63) is 218 Å². The third-order valence-corrected chi connectivity index (χ3v) is 13.9. The Bertz CT molecular complexity index is 3940. The second-order valence-electron chi connectivity index (χ2n) is 16.5. The molecule has 13 aromatic rings. The smallest absolute Gasteiger partial charge is 0.164 e. The summed E-state index contributed by atoms with van der Waals surface area (Å²) >= 11 is 1.88. The SMILES string of the molecule is c1ccc(-c2nc(-c3ccccc3)nc(-c3ccc(-c4ccc(-c5ccc6sc7c(ccc8c(-c9ccccc9)nc9ccccc9c87)c6c5)c5ccccc45)c4ccccc34)n2)cc1. The zero-order valence-corrected chi connectivity index (χ0v) is 35.8. The maximum absolute atomic E-state index is 5.20. The van der Waals surface area contributed by atoms with Gasteiger partial charge in [0.05, 0.1) is 11.2 Å². The van der Waals surface area contributed by atoms with E-state index in [9.17, 15) is 0 Å². The summed E-state index contributed by atoms with van der Waals surface area (Å²) in [4.78, 5) is 20.4. The lowest BCUT2D eigenvalue weighted by Crippen LogP contribution is -2.00. The third-order valence-electron chi connectivity index (χ3n) is 12.7. The fourth-order valence-electron chi connectivity index (χ4n) is 9.70. The Morgan fingerprint density at radius 2 is 0.754 bits per heavy atom. The van der Waals surface area contributed by atoms with Crippen molar-refractivity contribution in [3.63, 3.8) is 0 Å². The van der Waals surface area contributed by atoms with E-state index in [1.54, 1.807) is 0 Å². The highest BCUT2D eigenvalue weighted by Gasteiger charge is 2.20. The van der Waals surface area contributed by atoms with E-state index in [2.05, 4.69) is 158 Å². The summed E-state index contributed by atoms with van der Waals surface area (Å²) in [5, 5.41) is 10.8. The first-order valence-corrected chi connectivity index (χ1v) is 22.7. The number of hydrogen-bond acceptors (Lipinski definition) is 5. The van der Waals surface area contributed by atoms with Crippen LogP contribution in [0, 0.1) is 0 Å². The van der Waals surface area contributed by atoms with Gasteiger partial charge < -0.3 is 0 Å². The maximum atomic E-state index is 5.20. The molecule has 0 fully saturated rings. The molecule has 0 atom stereocenters. The summed E-state index contributed by atoms with van der Waals surface area (Å²) < 4.78 is 2.57. The van der Waals surface area contributed by atoms with Crippen LogP contribution in [0.15, 0.2) is 218 Å². The van der Waals surface area contributed by atoms with Gasteiger partial charge in [0.1, 0.15) is 0 Å². The average molecular weight is 845 g/mol. The van der Waals surface area contributed by atoms with Crippen molar-refractivity contribution in [2.24, 2.45) is 0 Å². The molecule has 302 valence electrons. The monoisotopic (exact) mass is 844 g/mol. The van der Waals surface area contributed by atoms with Gasteiger partial charge in [0, 0.05) is 58.6 Å². The van der Waals surface area contributed by atoms with Crippen LogP contribution >= 0.6 is 11.3 Å². The molecule has 0 aliphatic rings. The van der Waals surface area contributed by atoms with Crippen molar-refractivity contribution in [1.82, 2.24) is 19.9 Å². The molecule has 65 heavy (non-hydrogen) atoms. The normalized spacial score (nSPS) is 11.7. The minimum Gasteiger partial charge on any atom is -0.247 e. The van der Waals surface area contributed by atoms with Crippen molar-refractivity contribution in [1.29, 1.82) is 0 Å². The molecule has 0 unspecified atom stereocenters. The van der Waals surface area contributed by atoms with Crippen LogP contribution in [0.25, 0.3) is 131 Å². The van der Waals surface area contributed by atoms with E-state index in [0.29, 0.717) is 17.5 Å². The fourth-order valence-corrected chi connectivity index (χ4v) is 10.9. The number of aromatic nitrogens is 4. The molecule has 0 amide bonds. The van der Waals surface area contributed by atoms with Gasteiger partial charge in [-0.1, -0.05) is 194 Å². The molecule has 0 aliphatic heterocycles. The first-order chi connectivity index (χ1) is 32.2. The lowest BCUT2D eigenvalue weighted by molar-refractivity contribution is 1.08. The van der Waals surface area contributed by atoms with Gasteiger partial charge in [-0.05, 0) is 68.1 Å². The Balaban J connectivity index is 0.953. The van der Waals surface area contributed by atoms with Gasteiger partial charge >= 0.3 is 0 Å². The van der Waals surface area contributed by atoms with Crippen molar-refractivity contribution in [2.75, 3.05) is 0 Å². The maximum Gasteiger partial charge on any atom is 0.164 e. The van der Waals surface area contributed by atoms with Crippen molar-refractivity contribution >= 4 is 74.7 Å². The van der Waals surface area contributed by atoms with Gasteiger partial charge in [-0.2, -0.15) is 0 Å². The van der Waals surface area contributed by atoms with Crippen LogP contribution in [0.3, 0.4) is 0 Å². The molecule has 13 rings (SSSR count). The number of rotatable bonds is 6. The summed E-state index contributed by atoms with van der Waals surface area (Å²) in [6, 6.07) is 77.5. The van der Waals surface area contributed by atoms with Gasteiger partial charge in [0.2, 0.25) is 0 Å².